The highest BCUT2D eigenvalue weighted by Gasteiger charge is 2.10. The molecule has 0 aliphatic heterocycles. The van der Waals surface area contributed by atoms with Crippen molar-refractivity contribution in [2.75, 3.05) is 0 Å². The largest absolute Gasteiger partial charge is 0.488 e. The highest BCUT2D eigenvalue weighted by Crippen LogP contribution is 2.00. The van der Waals surface area contributed by atoms with Gasteiger partial charge >= 0.3 is 7.12 Å². The Bertz CT molecular complexity index is 607. The van der Waals surface area contributed by atoms with E-state index in [0.717, 1.165) is 11.1 Å². The van der Waals surface area contributed by atoms with E-state index in [1.807, 2.05) is 19.1 Å². The third-order valence-corrected chi connectivity index (χ3v) is 2.75. The molecule has 4 nitrogen and oxygen atoms in total. The summed E-state index contributed by atoms with van der Waals surface area (Å²) < 4.78 is 1.58. The molecule has 0 fully saturated rings. The van der Waals surface area contributed by atoms with Crippen molar-refractivity contribution in [3.05, 3.63) is 64.1 Å². The molecule has 2 N–H and O–H groups in total. The van der Waals surface area contributed by atoms with Crippen LogP contribution in [0.1, 0.15) is 11.1 Å². The van der Waals surface area contributed by atoms with Gasteiger partial charge in [0.15, 0.2) is 0 Å². The van der Waals surface area contributed by atoms with Crippen molar-refractivity contribution < 1.29 is 10.0 Å². The minimum Gasteiger partial charge on any atom is -0.423 e. The van der Waals surface area contributed by atoms with Crippen molar-refractivity contribution in [1.82, 2.24) is 4.57 Å². The zero-order valence-electron chi connectivity index (χ0n) is 10.1. The van der Waals surface area contributed by atoms with Crippen molar-refractivity contribution in [3.8, 4) is 0 Å². The third kappa shape index (κ3) is 2.88. The van der Waals surface area contributed by atoms with Crippen molar-refractivity contribution >= 4 is 12.6 Å². The summed E-state index contributed by atoms with van der Waals surface area (Å²) in [5.41, 5.74) is 2.14. The molecular weight excluding hydrogens is 229 g/mol. The van der Waals surface area contributed by atoms with Crippen LogP contribution in [-0.4, -0.2) is 21.7 Å². The Morgan fingerprint density at radius 3 is 2.67 bits per heavy atom. The Labute approximate surface area is 105 Å². The molecule has 0 aliphatic carbocycles. The Hall–Kier alpha value is -1.85. The zero-order chi connectivity index (χ0) is 13.1. The summed E-state index contributed by atoms with van der Waals surface area (Å²) >= 11 is 0. The lowest BCUT2D eigenvalue weighted by molar-refractivity contribution is 0.425. The van der Waals surface area contributed by atoms with Crippen LogP contribution >= 0.6 is 0 Å². The van der Waals surface area contributed by atoms with Crippen LogP contribution in [0.4, 0.5) is 0 Å². The van der Waals surface area contributed by atoms with E-state index in [0.29, 0.717) is 12.0 Å². The molecular formula is C13H14BNO3. The highest BCUT2D eigenvalue weighted by atomic mass is 16.4. The van der Waals surface area contributed by atoms with Gasteiger partial charge in [0.25, 0.3) is 5.56 Å². The molecule has 1 aromatic heterocycles. The van der Waals surface area contributed by atoms with Crippen LogP contribution in [0.5, 0.6) is 0 Å². The number of aryl methyl sites for hydroxylation is 1. The molecule has 1 heterocycles. The molecule has 0 saturated heterocycles. The molecule has 0 amide bonds. The number of hydrogen-bond donors (Lipinski definition) is 2. The first kappa shape index (κ1) is 12.6. The number of nitrogens with zero attached hydrogens (tertiary/aromatic N) is 1. The van der Waals surface area contributed by atoms with E-state index < -0.39 is 7.12 Å². The second-order valence-corrected chi connectivity index (χ2v) is 4.29. The van der Waals surface area contributed by atoms with E-state index in [-0.39, 0.29) is 5.56 Å². The van der Waals surface area contributed by atoms with Crippen molar-refractivity contribution in [2.45, 2.75) is 13.5 Å². The highest BCUT2D eigenvalue weighted by molar-refractivity contribution is 6.58. The second kappa shape index (κ2) is 5.20. The van der Waals surface area contributed by atoms with Crippen LogP contribution in [-0.2, 0) is 6.54 Å². The van der Waals surface area contributed by atoms with E-state index in [9.17, 15) is 4.79 Å². The lowest BCUT2D eigenvalue weighted by Gasteiger charge is -2.07. The minimum absolute atomic E-state index is 0.0649. The van der Waals surface area contributed by atoms with Crippen LogP contribution in [0.25, 0.3) is 0 Å². The van der Waals surface area contributed by atoms with E-state index in [4.69, 9.17) is 10.0 Å². The van der Waals surface area contributed by atoms with E-state index in [1.165, 1.54) is 0 Å². The van der Waals surface area contributed by atoms with Crippen LogP contribution in [0.2, 0.25) is 0 Å². The summed E-state index contributed by atoms with van der Waals surface area (Å²) in [5.74, 6) is 0. The molecule has 0 spiro atoms. The van der Waals surface area contributed by atoms with E-state index in [1.54, 1.807) is 35.0 Å². The van der Waals surface area contributed by atoms with Gasteiger partial charge in [0, 0.05) is 12.3 Å². The molecule has 0 atom stereocenters. The number of aromatic nitrogens is 1. The Balaban J connectivity index is 2.28. The second-order valence-electron chi connectivity index (χ2n) is 4.29. The molecule has 5 heteroatoms. The van der Waals surface area contributed by atoms with Gasteiger partial charge in [0.2, 0.25) is 0 Å². The van der Waals surface area contributed by atoms with Crippen LogP contribution in [0.3, 0.4) is 0 Å². The topological polar surface area (TPSA) is 62.5 Å². The molecule has 92 valence electrons. The van der Waals surface area contributed by atoms with Gasteiger partial charge in [0.1, 0.15) is 0 Å². The predicted octanol–water partition coefficient (Wildman–Crippen LogP) is -0.115. The smallest absolute Gasteiger partial charge is 0.423 e. The summed E-state index contributed by atoms with van der Waals surface area (Å²) in [5, 5.41) is 18.2. The van der Waals surface area contributed by atoms with E-state index >= 15 is 0 Å². The fourth-order valence-corrected chi connectivity index (χ4v) is 1.79. The maximum atomic E-state index is 11.7. The summed E-state index contributed by atoms with van der Waals surface area (Å²) in [6, 6.07) is 10.3. The predicted molar refractivity (Wildman–Crippen MR) is 70.8 cm³/mol. The average molecular weight is 243 g/mol. The van der Waals surface area contributed by atoms with E-state index in [2.05, 4.69) is 0 Å². The molecule has 1 aromatic carbocycles. The third-order valence-electron chi connectivity index (χ3n) is 2.75. The Morgan fingerprint density at radius 2 is 2.00 bits per heavy atom. The molecule has 0 aliphatic rings. The normalized spacial score (nSPS) is 10.4. The van der Waals surface area contributed by atoms with Crippen LogP contribution < -0.4 is 11.0 Å². The van der Waals surface area contributed by atoms with Gasteiger partial charge in [-0.3, -0.25) is 4.79 Å². The summed E-state index contributed by atoms with van der Waals surface area (Å²) in [7, 11) is -1.49. The fourth-order valence-electron chi connectivity index (χ4n) is 1.79. The number of hydrogen-bond acceptors (Lipinski definition) is 3. The molecule has 0 radical (unpaired) electrons. The quantitative estimate of drug-likeness (QED) is 0.739. The SMILES string of the molecule is Cc1ccn(Cc2cccc(B(O)O)c2)c(=O)c1. The van der Waals surface area contributed by atoms with Crippen molar-refractivity contribution in [2.24, 2.45) is 0 Å². The van der Waals surface area contributed by atoms with Gasteiger partial charge in [-0.2, -0.15) is 0 Å². The fraction of sp³-hybridized carbons (Fsp3) is 0.154. The van der Waals surface area contributed by atoms with Crippen molar-refractivity contribution in [3.63, 3.8) is 0 Å². The Kier molecular flexibility index (Phi) is 3.65. The van der Waals surface area contributed by atoms with Gasteiger partial charge in [-0.15, -0.1) is 0 Å². The van der Waals surface area contributed by atoms with Gasteiger partial charge in [-0.1, -0.05) is 24.3 Å². The maximum Gasteiger partial charge on any atom is 0.488 e. The van der Waals surface area contributed by atoms with Gasteiger partial charge in [-0.25, -0.2) is 0 Å². The monoisotopic (exact) mass is 243 g/mol. The van der Waals surface area contributed by atoms with Gasteiger partial charge in [0.05, 0.1) is 6.54 Å². The first-order valence-electron chi connectivity index (χ1n) is 5.68. The molecule has 18 heavy (non-hydrogen) atoms. The average Bonchev–Trinajstić information content (AvgIpc) is 2.33. The Morgan fingerprint density at radius 1 is 1.22 bits per heavy atom. The molecule has 0 bridgehead atoms. The number of benzene rings is 1. The first-order valence-corrected chi connectivity index (χ1v) is 5.68. The molecule has 2 rings (SSSR count). The minimum atomic E-state index is -1.49. The van der Waals surface area contributed by atoms with Crippen LogP contribution in [0, 0.1) is 6.92 Å². The summed E-state index contributed by atoms with van der Waals surface area (Å²) in [4.78, 5) is 11.7. The summed E-state index contributed by atoms with van der Waals surface area (Å²) in [6.07, 6.45) is 1.74. The first-order chi connectivity index (χ1) is 8.56. The van der Waals surface area contributed by atoms with Crippen molar-refractivity contribution in [1.29, 1.82) is 0 Å². The molecule has 2 aromatic rings. The summed E-state index contributed by atoms with van der Waals surface area (Å²) in [6.45, 7) is 2.29. The number of pyridine rings is 1. The standard InChI is InChI=1S/C13H14BNO3/c1-10-5-6-15(13(16)7-10)9-11-3-2-4-12(8-11)14(17)18/h2-8,17-18H,9H2,1H3. The lowest BCUT2D eigenvalue weighted by Crippen LogP contribution is -2.30. The number of rotatable bonds is 3. The molecule has 0 unspecified atom stereocenters. The lowest BCUT2D eigenvalue weighted by atomic mass is 9.79. The zero-order valence-corrected chi connectivity index (χ0v) is 10.1. The van der Waals surface area contributed by atoms with Crippen LogP contribution in [0.15, 0.2) is 47.4 Å². The molecule has 0 saturated carbocycles. The van der Waals surface area contributed by atoms with Gasteiger partial charge < -0.3 is 14.6 Å². The maximum absolute atomic E-state index is 11.7. The van der Waals surface area contributed by atoms with Gasteiger partial charge in [-0.05, 0) is 29.6 Å².